The Bertz CT molecular complexity index is 561. The van der Waals surface area contributed by atoms with Crippen molar-refractivity contribution in [3.05, 3.63) is 23.9 Å². The fraction of sp³-hybridized carbons (Fsp3) is 0.385. The van der Waals surface area contributed by atoms with E-state index in [0.29, 0.717) is 17.9 Å². The number of aromatic nitrogens is 2. The highest BCUT2D eigenvalue weighted by molar-refractivity contribution is 6.05. The van der Waals surface area contributed by atoms with Crippen molar-refractivity contribution < 1.29 is 4.79 Å². The second kappa shape index (κ2) is 5.08. The summed E-state index contributed by atoms with van der Waals surface area (Å²) in [6, 6.07) is 5.41. The van der Waals surface area contributed by atoms with Crippen molar-refractivity contribution in [1.82, 2.24) is 15.1 Å². The third kappa shape index (κ3) is 2.16. The lowest BCUT2D eigenvalue weighted by Gasteiger charge is -2.18. The Kier molecular flexibility index (Phi) is 3.50. The molecule has 0 unspecified atom stereocenters. The molecule has 0 aliphatic rings. The molecule has 5 nitrogen and oxygen atoms in total. The van der Waals surface area contributed by atoms with Crippen LogP contribution in [0.2, 0.25) is 0 Å². The van der Waals surface area contributed by atoms with Gasteiger partial charge in [-0.1, -0.05) is 6.92 Å². The van der Waals surface area contributed by atoms with Gasteiger partial charge in [0, 0.05) is 24.2 Å². The van der Waals surface area contributed by atoms with Crippen LogP contribution in [0.15, 0.2) is 18.2 Å². The van der Waals surface area contributed by atoms with Crippen LogP contribution in [0.1, 0.15) is 30.8 Å². The molecule has 1 aromatic carbocycles. The van der Waals surface area contributed by atoms with E-state index in [9.17, 15) is 4.79 Å². The van der Waals surface area contributed by atoms with Crippen LogP contribution < -0.4 is 5.73 Å². The molecule has 0 aliphatic carbocycles. The number of amides is 1. The maximum absolute atomic E-state index is 12.4. The summed E-state index contributed by atoms with van der Waals surface area (Å²) in [7, 11) is 0. The van der Waals surface area contributed by atoms with E-state index in [2.05, 4.69) is 17.1 Å². The third-order valence-corrected chi connectivity index (χ3v) is 2.95. The second-order valence-electron chi connectivity index (χ2n) is 4.26. The SMILES string of the molecule is CCCN(CC)C(=O)c1n[nH]c2ccc(N)cc12. The van der Waals surface area contributed by atoms with Crippen molar-refractivity contribution in [1.29, 1.82) is 0 Å². The number of nitrogen functional groups attached to an aromatic ring is 1. The number of aromatic amines is 1. The first kappa shape index (κ1) is 12.4. The van der Waals surface area contributed by atoms with Crippen LogP contribution in [0, 0.1) is 0 Å². The molecule has 0 saturated carbocycles. The zero-order chi connectivity index (χ0) is 13.1. The number of anilines is 1. The summed E-state index contributed by atoms with van der Waals surface area (Å²) in [6.07, 6.45) is 0.935. The highest BCUT2D eigenvalue weighted by Crippen LogP contribution is 2.20. The molecular weight excluding hydrogens is 228 g/mol. The third-order valence-electron chi connectivity index (χ3n) is 2.95. The molecule has 1 amide bonds. The molecule has 0 aliphatic heterocycles. The number of benzene rings is 1. The summed E-state index contributed by atoms with van der Waals surface area (Å²) in [5.74, 6) is -0.0452. The minimum Gasteiger partial charge on any atom is -0.399 e. The molecule has 2 rings (SSSR count). The predicted molar refractivity (Wildman–Crippen MR) is 72.4 cm³/mol. The van der Waals surface area contributed by atoms with E-state index in [1.54, 1.807) is 17.0 Å². The summed E-state index contributed by atoms with van der Waals surface area (Å²) in [4.78, 5) is 14.1. The minimum atomic E-state index is -0.0452. The summed E-state index contributed by atoms with van der Waals surface area (Å²) >= 11 is 0. The molecule has 1 heterocycles. The van der Waals surface area contributed by atoms with Crippen molar-refractivity contribution in [2.45, 2.75) is 20.3 Å². The van der Waals surface area contributed by atoms with Crippen LogP contribution in [0.25, 0.3) is 10.9 Å². The molecule has 0 radical (unpaired) electrons. The van der Waals surface area contributed by atoms with Crippen molar-refractivity contribution in [2.24, 2.45) is 0 Å². The number of hydrogen-bond donors (Lipinski definition) is 2. The van der Waals surface area contributed by atoms with Crippen LogP contribution in [0.3, 0.4) is 0 Å². The van der Waals surface area contributed by atoms with Gasteiger partial charge in [0.1, 0.15) is 0 Å². The summed E-state index contributed by atoms with van der Waals surface area (Å²) < 4.78 is 0. The second-order valence-corrected chi connectivity index (χ2v) is 4.26. The molecule has 0 fully saturated rings. The first-order valence-electron chi connectivity index (χ1n) is 6.20. The van der Waals surface area contributed by atoms with E-state index in [0.717, 1.165) is 23.9 Å². The molecular formula is C13H18N4O. The van der Waals surface area contributed by atoms with E-state index in [1.807, 2.05) is 13.0 Å². The fourth-order valence-electron chi connectivity index (χ4n) is 2.02. The van der Waals surface area contributed by atoms with E-state index in [-0.39, 0.29) is 5.91 Å². The lowest BCUT2D eigenvalue weighted by Crippen LogP contribution is -2.31. The zero-order valence-electron chi connectivity index (χ0n) is 10.7. The molecule has 0 saturated heterocycles. The van der Waals surface area contributed by atoms with Crippen molar-refractivity contribution >= 4 is 22.5 Å². The monoisotopic (exact) mass is 246 g/mol. The van der Waals surface area contributed by atoms with E-state index < -0.39 is 0 Å². The van der Waals surface area contributed by atoms with Gasteiger partial charge in [0.05, 0.1) is 5.52 Å². The maximum Gasteiger partial charge on any atom is 0.274 e. The summed E-state index contributed by atoms with van der Waals surface area (Å²) in [6.45, 7) is 5.45. The smallest absolute Gasteiger partial charge is 0.274 e. The number of nitrogens with one attached hydrogen (secondary N) is 1. The first-order valence-corrected chi connectivity index (χ1v) is 6.20. The number of fused-ring (bicyclic) bond motifs is 1. The Balaban J connectivity index is 2.41. The van der Waals surface area contributed by atoms with Crippen molar-refractivity contribution in [3.8, 4) is 0 Å². The Morgan fingerprint density at radius 2 is 2.22 bits per heavy atom. The van der Waals surface area contributed by atoms with Crippen LogP contribution in [-0.4, -0.2) is 34.1 Å². The quantitative estimate of drug-likeness (QED) is 0.810. The number of nitrogens with zero attached hydrogens (tertiary/aromatic N) is 2. The largest absolute Gasteiger partial charge is 0.399 e. The van der Waals surface area contributed by atoms with Gasteiger partial charge in [-0.15, -0.1) is 0 Å². The highest BCUT2D eigenvalue weighted by atomic mass is 16.2. The van der Waals surface area contributed by atoms with Crippen molar-refractivity contribution in [2.75, 3.05) is 18.8 Å². The number of nitrogens with two attached hydrogens (primary N) is 1. The van der Waals surface area contributed by atoms with E-state index >= 15 is 0 Å². The lowest BCUT2D eigenvalue weighted by molar-refractivity contribution is 0.0760. The first-order chi connectivity index (χ1) is 8.67. The maximum atomic E-state index is 12.4. The van der Waals surface area contributed by atoms with Gasteiger partial charge < -0.3 is 10.6 Å². The molecule has 5 heteroatoms. The van der Waals surface area contributed by atoms with Gasteiger partial charge in [0.2, 0.25) is 0 Å². The van der Waals surface area contributed by atoms with Crippen LogP contribution in [-0.2, 0) is 0 Å². The van der Waals surface area contributed by atoms with E-state index in [1.165, 1.54) is 0 Å². The topological polar surface area (TPSA) is 75.0 Å². The molecule has 18 heavy (non-hydrogen) atoms. The minimum absolute atomic E-state index is 0.0452. The molecule has 2 aromatic rings. The number of rotatable bonds is 4. The average Bonchev–Trinajstić information content (AvgIpc) is 2.78. The molecule has 3 N–H and O–H groups in total. The highest BCUT2D eigenvalue weighted by Gasteiger charge is 2.19. The van der Waals surface area contributed by atoms with Crippen molar-refractivity contribution in [3.63, 3.8) is 0 Å². The van der Waals surface area contributed by atoms with Crippen LogP contribution in [0.5, 0.6) is 0 Å². The predicted octanol–water partition coefficient (Wildman–Crippen LogP) is 2.02. The van der Waals surface area contributed by atoms with Gasteiger partial charge in [-0.2, -0.15) is 5.10 Å². The van der Waals surface area contributed by atoms with Gasteiger partial charge in [-0.25, -0.2) is 0 Å². The number of carbonyl (C=O) groups excluding carboxylic acids is 1. The Labute approximate surface area is 106 Å². The van der Waals surface area contributed by atoms with Gasteiger partial charge in [0.25, 0.3) is 5.91 Å². The normalized spacial score (nSPS) is 10.8. The fourth-order valence-corrected chi connectivity index (χ4v) is 2.02. The molecule has 0 atom stereocenters. The van der Waals surface area contributed by atoms with Gasteiger partial charge >= 0.3 is 0 Å². The zero-order valence-corrected chi connectivity index (χ0v) is 10.7. The van der Waals surface area contributed by atoms with Gasteiger partial charge in [-0.3, -0.25) is 9.89 Å². The van der Waals surface area contributed by atoms with Gasteiger partial charge in [0.15, 0.2) is 5.69 Å². The number of hydrogen-bond acceptors (Lipinski definition) is 3. The summed E-state index contributed by atoms with van der Waals surface area (Å²) in [5.41, 5.74) is 7.67. The Morgan fingerprint density at radius 3 is 2.89 bits per heavy atom. The Morgan fingerprint density at radius 1 is 1.44 bits per heavy atom. The van der Waals surface area contributed by atoms with Crippen LogP contribution in [0.4, 0.5) is 5.69 Å². The van der Waals surface area contributed by atoms with Crippen LogP contribution >= 0.6 is 0 Å². The lowest BCUT2D eigenvalue weighted by atomic mass is 10.1. The molecule has 0 bridgehead atoms. The Hall–Kier alpha value is -2.04. The molecule has 96 valence electrons. The summed E-state index contributed by atoms with van der Waals surface area (Å²) in [5, 5.41) is 7.77. The standard InChI is InChI=1S/C13H18N4O/c1-3-7-17(4-2)13(18)12-10-8-9(14)5-6-11(10)15-16-12/h5-6,8H,3-4,7,14H2,1-2H3,(H,15,16). The van der Waals surface area contributed by atoms with E-state index in [4.69, 9.17) is 5.73 Å². The average molecular weight is 246 g/mol. The van der Waals surface area contributed by atoms with Gasteiger partial charge in [-0.05, 0) is 31.5 Å². The number of H-pyrrole nitrogens is 1. The number of carbonyl (C=O) groups is 1. The molecule has 0 spiro atoms. The molecule has 1 aromatic heterocycles.